The van der Waals surface area contributed by atoms with E-state index >= 15 is 0 Å². The summed E-state index contributed by atoms with van der Waals surface area (Å²) in [5.74, 6) is -0.0246. The van der Waals surface area contributed by atoms with Crippen molar-refractivity contribution in [2.75, 3.05) is 46.9 Å². The van der Waals surface area contributed by atoms with E-state index in [1.165, 1.54) is 0 Å². The van der Waals surface area contributed by atoms with Crippen LogP contribution in [0.5, 0.6) is 0 Å². The van der Waals surface area contributed by atoms with E-state index in [9.17, 15) is 9.36 Å². The van der Waals surface area contributed by atoms with Crippen LogP contribution in [0.15, 0.2) is 0 Å². The van der Waals surface area contributed by atoms with Gasteiger partial charge in [-0.1, -0.05) is 0 Å². The van der Waals surface area contributed by atoms with Gasteiger partial charge in [0.05, 0.1) is 6.10 Å². The van der Waals surface area contributed by atoms with Gasteiger partial charge in [0.25, 0.3) is 5.91 Å². The van der Waals surface area contributed by atoms with Crippen LogP contribution in [0.4, 0.5) is 0 Å². The molecule has 0 saturated carbocycles. The fourth-order valence-corrected chi connectivity index (χ4v) is 4.71. The van der Waals surface area contributed by atoms with Crippen LogP contribution in [-0.2, 0) is 18.6 Å². The van der Waals surface area contributed by atoms with Crippen molar-refractivity contribution in [3.63, 3.8) is 0 Å². The summed E-state index contributed by atoms with van der Waals surface area (Å²) in [5, 5.41) is 0. The molecule has 0 aromatic heterocycles. The predicted molar refractivity (Wildman–Crippen MR) is 91.4 cm³/mol. The van der Waals surface area contributed by atoms with Crippen LogP contribution in [0.25, 0.3) is 0 Å². The Kier molecular flexibility index (Phi) is 7.23. The lowest BCUT2D eigenvalue weighted by atomic mass is 10.1. The SMILES string of the molecule is CCOC(C)(C)C(=O)N1CCN(P(=O)(OC(C)C)N(C)C)CC1. The molecule has 136 valence electrons. The van der Waals surface area contributed by atoms with E-state index in [2.05, 4.69) is 0 Å². The first-order chi connectivity index (χ1) is 10.5. The third kappa shape index (κ3) is 5.00. The highest BCUT2D eigenvalue weighted by Crippen LogP contribution is 2.53. The Labute approximate surface area is 140 Å². The highest BCUT2D eigenvalue weighted by Gasteiger charge is 2.40. The largest absolute Gasteiger partial charge is 0.366 e. The number of amides is 1. The van der Waals surface area contributed by atoms with Crippen molar-refractivity contribution in [2.45, 2.75) is 46.3 Å². The van der Waals surface area contributed by atoms with Gasteiger partial charge in [0.2, 0.25) is 0 Å². The molecular weight excluding hydrogens is 317 g/mol. The predicted octanol–water partition coefficient (Wildman–Crippen LogP) is 2.04. The summed E-state index contributed by atoms with van der Waals surface area (Å²) in [4.78, 5) is 14.3. The third-order valence-electron chi connectivity index (χ3n) is 3.77. The second kappa shape index (κ2) is 8.08. The smallest absolute Gasteiger partial charge is 0.345 e. The van der Waals surface area contributed by atoms with Gasteiger partial charge in [0, 0.05) is 32.8 Å². The molecule has 1 aliphatic heterocycles. The number of hydrogen-bond acceptors (Lipinski definition) is 4. The minimum atomic E-state index is -3.04. The van der Waals surface area contributed by atoms with Gasteiger partial charge in [0.1, 0.15) is 5.60 Å². The zero-order chi connectivity index (χ0) is 17.8. The van der Waals surface area contributed by atoms with Crippen molar-refractivity contribution in [3.05, 3.63) is 0 Å². The topological polar surface area (TPSA) is 62.3 Å². The van der Waals surface area contributed by atoms with Crippen LogP contribution in [0.2, 0.25) is 0 Å². The zero-order valence-corrected chi connectivity index (χ0v) is 16.4. The normalized spacial score (nSPS) is 20.1. The summed E-state index contributed by atoms with van der Waals surface area (Å²) >= 11 is 0. The number of hydrogen-bond donors (Lipinski definition) is 0. The minimum absolute atomic E-state index is 0.0246. The number of carbonyl (C=O) groups is 1. The number of piperazine rings is 1. The number of ether oxygens (including phenoxy) is 1. The molecule has 0 aromatic rings. The Bertz CT molecular complexity index is 446. The first-order valence-electron chi connectivity index (χ1n) is 8.19. The van der Waals surface area contributed by atoms with Crippen LogP contribution in [0, 0.1) is 0 Å². The first-order valence-corrected chi connectivity index (χ1v) is 9.72. The first kappa shape index (κ1) is 20.6. The molecule has 0 aromatic carbocycles. The van der Waals surface area contributed by atoms with E-state index in [0.29, 0.717) is 32.8 Å². The van der Waals surface area contributed by atoms with Crippen molar-refractivity contribution >= 4 is 13.6 Å². The number of nitrogens with zero attached hydrogens (tertiary/aromatic N) is 3. The standard InChI is InChI=1S/C15H32N3O4P/c1-8-21-15(4,5)14(19)17-9-11-18(12-10-17)23(20,16(6)7)22-13(2)3/h13H,8-12H2,1-7H3. The second-order valence-electron chi connectivity index (χ2n) is 6.68. The van der Waals surface area contributed by atoms with Crippen molar-refractivity contribution in [2.24, 2.45) is 0 Å². The van der Waals surface area contributed by atoms with E-state index in [0.717, 1.165) is 0 Å². The average molecular weight is 349 g/mol. The number of rotatable bonds is 7. The lowest BCUT2D eigenvalue weighted by Crippen LogP contribution is -2.54. The molecule has 0 aliphatic carbocycles. The van der Waals surface area contributed by atoms with E-state index in [4.69, 9.17) is 9.26 Å². The van der Waals surface area contributed by atoms with Crippen LogP contribution in [0.3, 0.4) is 0 Å². The van der Waals surface area contributed by atoms with Crippen LogP contribution >= 0.6 is 7.67 Å². The summed E-state index contributed by atoms with van der Waals surface area (Å²) in [6, 6.07) is 0. The van der Waals surface area contributed by atoms with Gasteiger partial charge >= 0.3 is 7.67 Å². The highest BCUT2D eigenvalue weighted by atomic mass is 31.2. The van der Waals surface area contributed by atoms with E-state index in [1.54, 1.807) is 37.5 Å². The average Bonchev–Trinajstić information content (AvgIpc) is 2.45. The molecule has 1 atom stereocenters. The molecule has 7 nitrogen and oxygen atoms in total. The van der Waals surface area contributed by atoms with Crippen molar-refractivity contribution in [3.8, 4) is 0 Å². The molecule has 1 aliphatic rings. The Morgan fingerprint density at radius 3 is 2.13 bits per heavy atom. The number of carbonyl (C=O) groups excluding carboxylic acids is 1. The molecule has 1 fully saturated rings. The zero-order valence-electron chi connectivity index (χ0n) is 15.5. The molecular formula is C15H32N3O4P. The molecule has 8 heteroatoms. The van der Waals surface area contributed by atoms with Gasteiger partial charge in [-0.05, 0) is 48.7 Å². The van der Waals surface area contributed by atoms with E-state index in [-0.39, 0.29) is 12.0 Å². The highest BCUT2D eigenvalue weighted by molar-refractivity contribution is 7.53. The quantitative estimate of drug-likeness (QED) is 0.656. The lowest BCUT2D eigenvalue weighted by molar-refractivity contribution is -0.155. The molecule has 1 rings (SSSR count). The van der Waals surface area contributed by atoms with Gasteiger partial charge in [0.15, 0.2) is 0 Å². The molecule has 1 amide bonds. The van der Waals surface area contributed by atoms with E-state index < -0.39 is 13.3 Å². The Morgan fingerprint density at radius 1 is 1.22 bits per heavy atom. The maximum Gasteiger partial charge on any atom is 0.345 e. The Morgan fingerprint density at radius 2 is 1.74 bits per heavy atom. The summed E-state index contributed by atoms with van der Waals surface area (Å²) < 4.78 is 27.9. The van der Waals surface area contributed by atoms with Gasteiger partial charge in [-0.15, -0.1) is 0 Å². The van der Waals surface area contributed by atoms with Crippen LogP contribution in [0.1, 0.15) is 34.6 Å². The Hall–Kier alpha value is -0.460. The maximum absolute atomic E-state index is 13.2. The molecule has 23 heavy (non-hydrogen) atoms. The van der Waals surface area contributed by atoms with Gasteiger partial charge in [-0.3, -0.25) is 9.36 Å². The van der Waals surface area contributed by atoms with Crippen LogP contribution < -0.4 is 0 Å². The van der Waals surface area contributed by atoms with E-state index in [1.807, 2.05) is 25.4 Å². The molecule has 0 radical (unpaired) electrons. The third-order valence-corrected chi connectivity index (χ3v) is 6.60. The summed E-state index contributed by atoms with van der Waals surface area (Å²) in [5.41, 5.74) is -0.823. The van der Waals surface area contributed by atoms with Gasteiger partial charge in [-0.2, -0.15) is 0 Å². The van der Waals surface area contributed by atoms with Gasteiger partial charge < -0.3 is 14.2 Å². The fraction of sp³-hybridized carbons (Fsp3) is 0.933. The van der Waals surface area contributed by atoms with Crippen molar-refractivity contribution in [1.82, 2.24) is 14.2 Å². The second-order valence-corrected chi connectivity index (χ2v) is 9.24. The molecule has 1 heterocycles. The Balaban J connectivity index is 2.74. The van der Waals surface area contributed by atoms with Crippen LogP contribution in [-0.4, -0.2) is 78.7 Å². The summed E-state index contributed by atoms with van der Waals surface area (Å²) in [7, 11) is 0.490. The lowest BCUT2D eigenvalue weighted by Gasteiger charge is -2.42. The van der Waals surface area contributed by atoms with Crippen molar-refractivity contribution in [1.29, 1.82) is 0 Å². The minimum Gasteiger partial charge on any atom is -0.366 e. The molecule has 0 bridgehead atoms. The molecule has 1 saturated heterocycles. The fourth-order valence-electron chi connectivity index (χ4n) is 2.64. The van der Waals surface area contributed by atoms with Gasteiger partial charge in [-0.25, -0.2) is 9.34 Å². The molecule has 0 spiro atoms. The van der Waals surface area contributed by atoms with Crippen molar-refractivity contribution < 1.29 is 18.6 Å². The summed E-state index contributed by atoms with van der Waals surface area (Å²) in [6.45, 7) is 11.8. The molecule has 1 unspecified atom stereocenters. The molecule has 0 N–H and O–H groups in total. The maximum atomic E-state index is 13.2. The monoisotopic (exact) mass is 349 g/mol. The summed E-state index contributed by atoms with van der Waals surface area (Å²) in [6.07, 6.45) is -0.125.